The Kier molecular flexibility index (Phi) is 8.88. The van der Waals surface area contributed by atoms with Gasteiger partial charge >= 0.3 is 0 Å². The molecule has 0 radical (unpaired) electrons. The van der Waals surface area contributed by atoms with Gasteiger partial charge in [-0.05, 0) is 31.0 Å². The van der Waals surface area contributed by atoms with Gasteiger partial charge in [0.15, 0.2) is 0 Å². The molecule has 3 heterocycles. The van der Waals surface area contributed by atoms with Gasteiger partial charge in [0.1, 0.15) is 29.9 Å². The number of rotatable bonds is 8. The number of carbonyl (C=O) groups excluding carboxylic acids is 1. The number of aliphatic hydroxyl groups excluding tert-OH is 4. The number of aliphatic hydroxyl groups is 4. The number of amides is 1. The van der Waals surface area contributed by atoms with E-state index < -0.39 is 48.0 Å². The van der Waals surface area contributed by atoms with Crippen molar-refractivity contribution in [3.63, 3.8) is 0 Å². The van der Waals surface area contributed by atoms with E-state index in [1.807, 2.05) is 17.8 Å². The van der Waals surface area contributed by atoms with Gasteiger partial charge in [-0.25, -0.2) is 0 Å². The first-order valence-corrected chi connectivity index (χ1v) is 13.1. The molecule has 0 aliphatic carbocycles. The molecule has 1 aromatic heterocycles. The van der Waals surface area contributed by atoms with E-state index in [9.17, 15) is 25.2 Å². The fourth-order valence-electron chi connectivity index (χ4n) is 3.73. The molecule has 9 atom stereocenters. The zero-order valence-electron chi connectivity index (χ0n) is 16.9. The number of nitrogens with one attached hydrogen (secondary N) is 2. The van der Waals surface area contributed by atoms with Crippen LogP contribution in [0.1, 0.15) is 18.2 Å². The SMILES string of the molecule is CS[C@H]1OC([C@H](NC(=O)[C@@H]2C[C@H](SCc3cccs3)CN2)[C@@H](C)O)[C@H](O)[C@H](O)[C@H]1O. The minimum absolute atomic E-state index is 0.280. The van der Waals surface area contributed by atoms with Gasteiger partial charge in [0.25, 0.3) is 0 Å². The Labute approximate surface area is 188 Å². The third-order valence-corrected chi connectivity index (χ3v) is 8.69. The smallest absolute Gasteiger partial charge is 0.237 e. The van der Waals surface area contributed by atoms with Crippen molar-refractivity contribution in [1.82, 2.24) is 10.6 Å². The van der Waals surface area contributed by atoms with Gasteiger partial charge in [-0.1, -0.05) is 6.07 Å². The molecule has 1 aromatic rings. The summed E-state index contributed by atoms with van der Waals surface area (Å²) in [7, 11) is 0. The first-order chi connectivity index (χ1) is 14.3. The molecule has 3 rings (SSSR count). The van der Waals surface area contributed by atoms with Crippen molar-refractivity contribution in [2.75, 3.05) is 12.8 Å². The minimum Gasteiger partial charge on any atom is -0.391 e. The Bertz CT molecular complexity index is 677. The largest absolute Gasteiger partial charge is 0.391 e. The van der Waals surface area contributed by atoms with E-state index in [0.29, 0.717) is 11.7 Å². The predicted octanol–water partition coefficient (Wildman–Crippen LogP) is -0.252. The van der Waals surface area contributed by atoms with Gasteiger partial charge in [-0.2, -0.15) is 11.8 Å². The van der Waals surface area contributed by atoms with E-state index in [-0.39, 0.29) is 5.91 Å². The normalized spacial score (nSPS) is 36.4. The predicted molar refractivity (Wildman–Crippen MR) is 120 cm³/mol. The molecule has 1 unspecified atom stereocenters. The molecule has 0 spiro atoms. The van der Waals surface area contributed by atoms with E-state index in [4.69, 9.17) is 4.74 Å². The molecule has 2 aliphatic heterocycles. The highest BCUT2D eigenvalue weighted by molar-refractivity contribution is 7.99. The summed E-state index contributed by atoms with van der Waals surface area (Å²) in [5.74, 6) is 0.629. The van der Waals surface area contributed by atoms with Crippen molar-refractivity contribution < 1.29 is 30.0 Å². The zero-order chi connectivity index (χ0) is 21.8. The minimum atomic E-state index is -1.44. The van der Waals surface area contributed by atoms with Gasteiger partial charge in [-0.15, -0.1) is 23.1 Å². The number of thioether (sulfide) groups is 2. The van der Waals surface area contributed by atoms with Crippen molar-refractivity contribution in [1.29, 1.82) is 0 Å². The van der Waals surface area contributed by atoms with Gasteiger partial charge in [-0.3, -0.25) is 4.79 Å². The van der Waals surface area contributed by atoms with Crippen LogP contribution >= 0.6 is 34.9 Å². The molecule has 0 bridgehead atoms. The highest BCUT2D eigenvalue weighted by Crippen LogP contribution is 2.30. The summed E-state index contributed by atoms with van der Waals surface area (Å²) < 4.78 is 5.72. The molecular weight excluding hydrogens is 448 g/mol. The van der Waals surface area contributed by atoms with Gasteiger partial charge in [0.2, 0.25) is 5.91 Å². The maximum Gasteiger partial charge on any atom is 0.237 e. The summed E-state index contributed by atoms with van der Waals surface area (Å²) in [4.78, 5) is 14.1. The number of ether oxygens (including phenoxy) is 1. The number of thiophene rings is 1. The molecule has 8 nitrogen and oxygen atoms in total. The van der Waals surface area contributed by atoms with Crippen LogP contribution in [0.3, 0.4) is 0 Å². The molecule has 170 valence electrons. The lowest BCUT2D eigenvalue weighted by atomic mass is 9.92. The fourth-order valence-corrected chi connectivity index (χ4v) is 6.42. The summed E-state index contributed by atoms with van der Waals surface area (Å²) in [6, 6.07) is 2.79. The van der Waals surface area contributed by atoms with Gasteiger partial charge in [0.05, 0.1) is 18.2 Å². The van der Waals surface area contributed by atoms with Crippen molar-refractivity contribution >= 4 is 40.8 Å². The molecule has 0 aromatic carbocycles. The standard InChI is InChI=1S/C19H30N2O6S3/c1-9(22)13(17-15(24)14(23)16(25)19(27-17)28-2)21-18(26)12-6-11(7-20-12)30-8-10-4-3-5-29-10/h3-5,9,11-17,19-20,22-25H,6-8H2,1-2H3,(H,21,26)/t9-,11+,12+,13-,14+,15-,16-,17?,19-/m1/s1. The lowest BCUT2D eigenvalue weighted by Crippen LogP contribution is -2.65. The average molecular weight is 479 g/mol. The van der Waals surface area contributed by atoms with E-state index in [0.717, 1.165) is 12.3 Å². The summed E-state index contributed by atoms with van der Waals surface area (Å²) in [5, 5.41) is 49.2. The third-order valence-electron chi connectivity index (χ3n) is 5.47. The molecule has 30 heavy (non-hydrogen) atoms. The van der Waals surface area contributed by atoms with E-state index in [1.165, 1.54) is 23.6 Å². The fraction of sp³-hybridized carbons (Fsp3) is 0.737. The Morgan fingerprint density at radius 3 is 2.77 bits per heavy atom. The number of carbonyl (C=O) groups is 1. The topological polar surface area (TPSA) is 131 Å². The van der Waals surface area contributed by atoms with Crippen LogP contribution in [-0.2, 0) is 15.3 Å². The van der Waals surface area contributed by atoms with Gasteiger partial charge < -0.3 is 35.8 Å². The van der Waals surface area contributed by atoms with Crippen LogP contribution < -0.4 is 10.6 Å². The van der Waals surface area contributed by atoms with Crippen molar-refractivity contribution in [3.05, 3.63) is 22.4 Å². The van der Waals surface area contributed by atoms with Crippen LogP contribution in [0, 0.1) is 0 Å². The number of hydrogen-bond acceptors (Lipinski definition) is 10. The highest BCUT2D eigenvalue weighted by Gasteiger charge is 2.48. The second-order valence-electron chi connectivity index (χ2n) is 7.66. The van der Waals surface area contributed by atoms with Crippen molar-refractivity contribution in [2.24, 2.45) is 0 Å². The molecule has 1 amide bonds. The summed E-state index contributed by atoms with van der Waals surface area (Å²) in [6.45, 7) is 2.21. The van der Waals surface area contributed by atoms with Crippen LogP contribution in [0.5, 0.6) is 0 Å². The van der Waals surface area contributed by atoms with Crippen molar-refractivity contribution in [2.45, 2.75) is 72.4 Å². The highest BCUT2D eigenvalue weighted by atomic mass is 32.2. The van der Waals surface area contributed by atoms with Crippen molar-refractivity contribution in [3.8, 4) is 0 Å². The van der Waals surface area contributed by atoms with Crippen LogP contribution in [0.15, 0.2) is 17.5 Å². The first-order valence-electron chi connectivity index (χ1n) is 9.90. The molecule has 0 saturated carbocycles. The van der Waals surface area contributed by atoms with Crippen LogP contribution in [-0.4, -0.2) is 92.4 Å². The third kappa shape index (κ3) is 5.70. The lowest BCUT2D eigenvalue weighted by Gasteiger charge is -2.44. The molecular formula is C19H30N2O6S3. The average Bonchev–Trinajstić information content (AvgIpc) is 3.41. The maximum atomic E-state index is 12.8. The quantitative estimate of drug-likeness (QED) is 0.299. The van der Waals surface area contributed by atoms with E-state index >= 15 is 0 Å². The summed E-state index contributed by atoms with van der Waals surface area (Å²) in [6.07, 6.45) is -3.82. The Morgan fingerprint density at radius 2 is 2.13 bits per heavy atom. The van der Waals surface area contributed by atoms with Crippen LogP contribution in [0.4, 0.5) is 0 Å². The second kappa shape index (κ2) is 11.0. The zero-order valence-corrected chi connectivity index (χ0v) is 19.3. The summed E-state index contributed by atoms with van der Waals surface area (Å²) in [5.41, 5.74) is -0.769. The van der Waals surface area contributed by atoms with E-state index in [2.05, 4.69) is 22.1 Å². The molecule has 2 aliphatic rings. The monoisotopic (exact) mass is 478 g/mol. The Balaban J connectivity index is 1.57. The Hall–Kier alpha value is -0.370. The summed E-state index contributed by atoms with van der Waals surface area (Å²) >= 11 is 4.72. The molecule has 2 saturated heterocycles. The van der Waals surface area contributed by atoms with Crippen LogP contribution in [0.2, 0.25) is 0 Å². The van der Waals surface area contributed by atoms with Crippen LogP contribution in [0.25, 0.3) is 0 Å². The Morgan fingerprint density at radius 1 is 1.37 bits per heavy atom. The van der Waals surface area contributed by atoms with E-state index in [1.54, 1.807) is 17.6 Å². The number of hydrogen-bond donors (Lipinski definition) is 6. The second-order valence-corrected chi connectivity index (χ2v) is 10.9. The molecule has 6 N–H and O–H groups in total. The maximum absolute atomic E-state index is 12.8. The molecule has 11 heteroatoms. The molecule has 2 fully saturated rings. The lowest BCUT2D eigenvalue weighted by molar-refractivity contribution is -0.211. The van der Waals surface area contributed by atoms with Gasteiger partial charge in [0, 0.05) is 22.4 Å². The first kappa shape index (κ1) is 24.3.